The molecule has 2 unspecified atom stereocenters. The largest absolute Gasteiger partial charge is 0.493 e. The van der Waals surface area contributed by atoms with E-state index in [1.807, 2.05) is 42.5 Å². The van der Waals surface area contributed by atoms with Crippen molar-refractivity contribution in [3.63, 3.8) is 0 Å². The first kappa shape index (κ1) is 29.6. The second-order valence-corrected chi connectivity index (χ2v) is 10.7. The van der Waals surface area contributed by atoms with Crippen LogP contribution in [0.15, 0.2) is 66.7 Å². The number of ether oxygens (including phenoxy) is 3. The third-order valence-electron chi connectivity index (χ3n) is 7.02. The lowest BCUT2D eigenvalue weighted by Crippen LogP contribution is -2.42. The van der Waals surface area contributed by atoms with E-state index in [4.69, 9.17) is 37.4 Å². The van der Waals surface area contributed by atoms with Crippen molar-refractivity contribution >= 4 is 46.3 Å². The Labute approximate surface area is 253 Å². The summed E-state index contributed by atoms with van der Waals surface area (Å²) in [6.07, 6.45) is -0.859. The molecule has 2 atom stereocenters. The monoisotopic (exact) mass is 611 g/mol. The van der Waals surface area contributed by atoms with Gasteiger partial charge in [0.15, 0.2) is 0 Å². The summed E-state index contributed by atoms with van der Waals surface area (Å²) in [6.45, 7) is 2.74. The second kappa shape index (κ2) is 13.4. The van der Waals surface area contributed by atoms with Crippen LogP contribution >= 0.6 is 23.2 Å². The number of aromatic nitrogens is 1. The van der Waals surface area contributed by atoms with Crippen molar-refractivity contribution in [2.24, 2.45) is 0 Å². The average molecular weight is 613 g/mol. The first-order chi connectivity index (χ1) is 20.3. The fraction of sp³-hybridized carbons (Fsp3) is 0.290. The van der Waals surface area contributed by atoms with Crippen LogP contribution in [0.25, 0.3) is 10.9 Å². The molecule has 1 aromatic heterocycles. The normalized spacial score (nSPS) is 15.1. The highest BCUT2D eigenvalue weighted by Crippen LogP contribution is 2.40. The van der Waals surface area contributed by atoms with Gasteiger partial charge >= 0.3 is 12.2 Å². The molecule has 0 radical (unpaired) electrons. The van der Waals surface area contributed by atoms with E-state index in [0.29, 0.717) is 40.9 Å². The first-order valence-corrected chi connectivity index (χ1v) is 14.4. The average Bonchev–Trinajstić information content (AvgIpc) is 3.35. The van der Waals surface area contributed by atoms with Gasteiger partial charge in [-0.05, 0) is 79.1 Å². The molecule has 2 amide bonds. The SMILES string of the molecule is CCOC(=O)NCC(O)CCOc1ccc(C2c3[nH]c4ccc(Cl)cc4c3CCN2C(=O)Oc2ccc(Cl)cc2)cc1. The molecule has 1 aliphatic rings. The van der Waals surface area contributed by atoms with Gasteiger partial charge in [0.25, 0.3) is 0 Å². The number of fused-ring (bicyclic) bond motifs is 3. The number of alkyl carbamates (subject to hydrolysis) is 1. The molecule has 220 valence electrons. The zero-order valence-electron chi connectivity index (χ0n) is 22.9. The number of H-pyrrole nitrogens is 1. The Kier molecular flexibility index (Phi) is 9.41. The number of nitrogens with one attached hydrogen (secondary N) is 2. The lowest BCUT2D eigenvalue weighted by molar-refractivity contribution is 0.120. The van der Waals surface area contributed by atoms with Crippen molar-refractivity contribution in [1.82, 2.24) is 15.2 Å². The van der Waals surface area contributed by atoms with E-state index in [1.54, 1.807) is 36.1 Å². The Hall–Kier alpha value is -3.92. The van der Waals surface area contributed by atoms with Gasteiger partial charge in [0, 0.05) is 46.2 Å². The zero-order valence-corrected chi connectivity index (χ0v) is 24.5. The summed E-state index contributed by atoms with van der Waals surface area (Å²) in [6, 6.07) is 19.4. The number of hydrogen-bond acceptors (Lipinski definition) is 6. The Bertz CT molecular complexity index is 1540. The van der Waals surface area contributed by atoms with Gasteiger partial charge in [-0.15, -0.1) is 0 Å². The molecule has 0 bridgehead atoms. The number of carbonyl (C=O) groups is 2. The van der Waals surface area contributed by atoms with E-state index in [2.05, 4.69) is 10.3 Å². The van der Waals surface area contributed by atoms with Crippen LogP contribution in [-0.4, -0.2) is 59.6 Å². The van der Waals surface area contributed by atoms with Crippen molar-refractivity contribution in [2.45, 2.75) is 31.9 Å². The van der Waals surface area contributed by atoms with Crippen LogP contribution in [0.1, 0.15) is 36.2 Å². The van der Waals surface area contributed by atoms with Gasteiger partial charge in [0.1, 0.15) is 17.5 Å². The van der Waals surface area contributed by atoms with Crippen molar-refractivity contribution in [1.29, 1.82) is 0 Å². The third kappa shape index (κ3) is 6.92. The minimum Gasteiger partial charge on any atom is -0.493 e. The number of amides is 2. The van der Waals surface area contributed by atoms with Gasteiger partial charge in [-0.1, -0.05) is 35.3 Å². The highest BCUT2D eigenvalue weighted by Gasteiger charge is 2.35. The van der Waals surface area contributed by atoms with Crippen LogP contribution in [0.2, 0.25) is 10.0 Å². The summed E-state index contributed by atoms with van der Waals surface area (Å²) in [5.41, 5.74) is 3.82. The lowest BCUT2D eigenvalue weighted by Gasteiger charge is -2.35. The Balaban J connectivity index is 1.33. The topological polar surface area (TPSA) is 113 Å². The minimum absolute atomic E-state index is 0.0722. The Morgan fingerprint density at radius 2 is 1.76 bits per heavy atom. The summed E-state index contributed by atoms with van der Waals surface area (Å²) < 4.78 is 16.3. The molecule has 3 N–H and O–H groups in total. The maximum Gasteiger partial charge on any atom is 0.416 e. The van der Waals surface area contributed by atoms with Crippen LogP contribution in [0.3, 0.4) is 0 Å². The van der Waals surface area contributed by atoms with Gasteiger partial charge in [-0.25, -0.2) is 9.59 Å². The van der Waals surface area contributed by atoms with Crippen LogP contribution < -0.4 is 14.8 Å². The molecule has 1 aliphatic heterocycles. The molecule has 0 spiro atoms. The standard InChI is InChI=1S/C31H31Cl2N3O6/c1-2-40-30(38)34-18-22(37)14-16-41-23-8-3-19(4-9-23)29-28-25(26-17-21(33)7-12-27(26)35-28)13-15-36(29)31(39)42-24-10-5-20(32)6-11-24/h3-12,17,22,29,35,37H,2,13-16,18H2,1H3,(H,34,38). The molecule has 42 heavy (non-hydrogen) atoms. The summed E-state index contributed by atoms with van der Waals surface area (Å²) in [4.78, 5) is 30.1. The number of halogens is 2. The summed E-state index contributed by atoms with van der Waals surface area (Å²) in [7, 11) is 0. The van der Waals surface area contributed by atoms with E-state index in [-0.39, 0.29) is 19.8 Å². The Morgan fingerprint density at radius 1 is 1.05 bits per heavy atom. The molecule has 11 heteroatoms. The van der Waals surface area contributed by atoms with E-state index >= 15 is 0 Å². The molecule has 0 fully saturated rings. The van der Waals surface area contributed by atoms with Gasteiger partial charge in [0.05, 0.1) is 19.3 Å². The molecule has 0 aliphatic carbocycles. The highest BCUT2D eigenvalue weighted by atomic mass is 35.5. The summed E-state index contributed by atoms with van der Waals surface area (Å²) >= 11 is 12.3. The van der Waals surface area contributed by atoms with Gasteiger partial charge in [-0.2, -0.15) is 0 Å². The number of aromatic amines is 1. The van der Waals surface area contributed by atoms with E-state index in [0.717, 1.165) is 27.7 Å². The quantitative estimate of drug-likeness (QED) is 0.199. The van der Waals surface area contributed by atoms with Crippen molar-refractivity contribution in [3.05, 3.63) is 93.6 Å². The molecule has 5 rings (SSSR count). The number of aliphatic hydroxyl groups is 1. The molecule has 9 nitrogen and oxygen atoms in total. The minimum atomic E-state index is -0.773. The number of benzene rings is 3. The number of carbonyl (C=O) groups excluding carboxylic acids is 2. The smallest absolute Gasteiger partial charge is 0.416 e. The number of hydrogen-bond donors (Lipinski definition) is 3. The van der Waals surface area contributed by atoms with Crippen molar-refractivity contribution < 1.29 is 28.9 Å². The fourth-order valence-corrected chi connectivity index (χ4v) is 5.31. The fourth-order valence-electron chi connectivity index (χ4n) is 5.01. The summed E-state index contributed by atoms with van der Waals surface area (Å²) in [5.74, 6) is 1.01. The third-order valence-corrected chi connectivity index (χ3v) is 7.50. The number of rotatable bonds is 9. The van der Waals surface area contributed by atoms with Crippen molar-refractivity contribution in [3.8, 4) is 11.5 Å². The van der Waals surface area contributed by atoms with E-state index in [9.17, 15) is 14.7 Å². The molecule has 0 saturated heterocycles. The zero-order chi connectivity index (χ0) is 29.6. The molecular weight excluding hydrogens is 581 g/mol. The van der Waals surface area contributed by atoms with Crippen LogP contribution in [0, 0.1) is 0 Å². The maximum atomic E-state index is 13.5. The predicted molar refractivity (Wildman–Crippen MR) is 161 cm³/mol. The predicted octanol–water partition coefficient (Wildman–Crippen LogP) is 6.50. The van der Waals surface area contributed by atoms with Gasteiger partial charge < -0.3 is 29.6 Å². The molecular formula is C31H31Cl2N3O6. The number of nitrogens with zero attached hydrogens (tertiary/aromatic N) is 1. The lowest BCUT2D eigenvalue weighted by atomic mass is 9.92. The summed E-state index contributed by atoms with van der Waals surface area (Å²) in [5, 5.41) is 14.8. The van der Waals surface area contributed by atoms with E-state index in [1.165, 1.54) is 0 Å². The second-order valence-electron chi connectivity index (χ2n) is 9.84. The number of aliphatic hydroxyl groups excluding tert-OH is 1. The maximum absolute atomic E-state index is 13.5. The first-order valence-electron chi connectivity index (χ1n) is 13.7. The van der Waals surface area contributed by atoms with Crippen LogP contribution in [-0.2, 0) is 11.2 Å². The molecule has 4 aromatic rings. The van der Waals surface area contributed by atoms with Gasteiger partial charge in [-0.3, -0.25) is 4.90 Å². The van der Waals surface area contributed by atoms with Crippen molar-refractivity contribution in [2.75, 3.05) is 26.3 Å². The molecule has 3 aromatic carbocycles. The van der Waals surface area contributed by atoms with Crippen LogP contribution in [0.4, 0.5) is 9.59 Å². The molecule has 2 heterocycles. The van der Waals surface area contributed by atoms with Gasteiger partial charge in [0.2, 0.25) is 0 Å². The highest BCUT2D eigenvalue weighted by molar-refractivity contribution is 6.31. The van der Waals surface area contributed by atoms with Crippen LogP contribution in [0.5, 0.6) is 11.5 Å². The van der Waals surface area contributed by atoms with E-state index < -0.39 is 24.3 Å². The molecule has 0 saturated carbocycles. The Morgan fingerprint density at radius 3 is 2.50 bits per heavy atom.